The Balaban J connectivity index is 2.72. The van der Waals surface area contributed by atoms with E-state index in [0.717, 1.165) is 11.0 Å². The average Bonchev–Trinajstić information content (AvgIpc) is 2.20. The molecule has 0 amide bonds. The maximum Gasteiger partial charge on any atom is 0.233 e. The van der Waals surface area contributed by atoms with Crippen LogP contribution in [-0.2, 0) is 0 Å². The molecule has 14 heavy (non-hydrogen) atoms. The van der Waals surface area contributed by atoms with Gasteiger partial charge in [0.15, 0.2) is 6.20 Å². The van der Waals surface area contributed by atoms with E-state index in [1.807, 2.05) is 48.0 Å². The second kappa shape index (κ2) is 3.50. The predicted molar refractivity (Wildman–Crippen MR) is 56.5 cm³/mol. The maximum absolute atomic E-state index is 3.94. The lowest BCUT2D eigenvalue weighted by molar-refractivity contribution is -0.514. The van der Waals surface area contributed by atoms with E-state index < -0.39 is 0 Å². The first-order chi connectivity index (χ1) is 6.79. The maximum atomic E-state index is 3.94. The van der Waals surface area contributed by atoms with Crippen molar-refractivity contribution in [1.29, 1.82) is 0 Å². The molecule has 1 aromatic heterocycles. The molecule has 0 aromatic carbocycles. The van der Waals surface area contributed by atoms with Gasteiger partial charge in [-0.3, -0.25) is 0 Å². The molecule has 0 N–H and O–H groups in total. The smallest absolute Gasteiger partial charge is 0.233 e. The van der Waals surface area contributed by atoms with E-state index in [4.69, 9.17) is 0 Å². The van der Waals surface area contributed by atoms with Gasteiger partial charge < -0.3 is 4.90 Å². The minimum Gasteiger partial charge on any atom is -0.346 e. The molecule has 0 saturated heterocycles. The highest BCUT2D eigenvalue weighted by atomic mass is 15.1. The summed E-state index contributed by atoms with van der Waals surface area (Å²) in [7, 11) is 2.03. The van der Waals surface area contributed by atoms with Crippen molar-refractivity contribution in [1.82, 2.24) is 4.90 Å². The first-order valence-corrected chi connectivity index (χ1v) is 4.55. The van der Waals surface area contributed by atoms with Gasteiger partial charge >= 0.3 is 0 Å². The second-order valence-corrected chi connectivity index (χ2v) is 3.25. The van der Waals surface area contributed by atoms with Gasteiger partial charge in [0.25, 0.3) is 0 Å². The highest BCUT2D eigenvalue weighted by molar-refractivity contribution is 5.56. The zero-order valence-corrected chi connectivity index (χ0v) is 8.22. The van der Waals surface area contributed by atoms with Crippen molar-refractivity contribution in [3.05, 3.63) is 60.9 Å². The predicted octanol–water partition coefficient (Wildman–Crippen LogP) is 0.737. The third-order valence-corrected chi connectivity index (χ3v) is 2.26. The lowest BCUT2D eigenvalue weighted by Gasteiger charge is -2.15. The molecule has 0 atom stereocenters. The van der Waals surface area contributed by atoms with Gasteiger partial charge in [0.2, 0.25) is 5.35 Å². The van der Waals surface area contributed by atoms with E-state index in [-0.39, 0.29) is 0 Å². The minimum absolute atomic E-state index is 1.11. The molecule has 0 unspecified atom stereocenters. The molecule has 0 bridgehead atoms. The minimum atomic E-state index is 1.11. The number of pyridine rings is 1. The molecular weight excluding hydrogens is 172 g/mol. The Morgan fingerprint density at radius 2 is 2.14 bits per heavy atom. The van der Waals surface area contributed by atoms with E-state index in [1.54, 1.807) is 0 Å². The molecule has 1 aliphatic rings. The molecule has 2 nitrogen and oxygen atoms in total. The fraction of sp³-hybridized carbons (Fsp3) is 0.0833. The van der Waals surface area contributed by atoms with Gasteiger partial charge in [0.05, 0.1) is 0 Å². The summed E-state index contributed by atoms with van der Waals surface area (Å²) in [5.41, 5.74) is 1.16. The molecule has 0 saturated carbocycles. The lowest BCUT2D eigenvalue weighted by atomic mass is 10.2. The third kappa shape index (κ3) is 1.46. The normalized spacial score (nSPS) is 18.8. The number of hydrogen-bond acceptors (Lipinski definition) is 1. The van der Waals surface area contributed by atoms with E-state index in [2.05, 4.69) is 23.8 Å². The van der Waals surface area contributed by atoms with Crippen molar-refractivity contribution in [3.8, 4) is 0 Å². The molecule has 0 spiro atoms. The Bertz CT molecular complexity index is 497. The molecule has 1 aromatic rings. The van der Waals surface area contributed by atoms with Crippen LogP contribution in [0.4, 0.5) is 0 Å². The van der Waals surface area contributed by atoms with Crippen LogP contribution in [-0.4, -0.2) is 11.9 Å². The monoisotopic (exact) mass is 185 g/mol. The Morgan fingerprint density at radius 3 is 2.86 bits per heavy atom. The van der Waals surface area contributed by atoms with Crippen molar-refractivity contribution in [3.63, 3.8) is 0 Å². The van der Waals surface area contributed by atoms with Crippen LogP contribution in [0, 0.1) is 6.72 Å². The zero-order valence-electron chi connectivity index (χ0n) is 8.22. The fourth-order valence-electron chi connectivity index (χ4n) is 1.50. The van der Waals surface area contributed by atoms with E-state index in [1.165, 1.54) is 0 Å². The van der Waals surface area contributed by atoms with E-state index in [9.17, 15) is 0 Å². The summed E-state index contributed by atoms with van der Waals surface area (Å²) < 4.78 is 1.87. The van der Waals surface area contributed by atoms with Gasteiger partial charge in [-0.25, -0.2) is 0 Å². The summed E-state index contributed by atoms with van der Waals surface area (Å²) in [4.78, 5) is 2.08. The van der Waals surface area contributed by atoms with Crippen LogP contribution in [0.2, 0.25) is 0 Å². The Morgan fingerprint density at radius 1 is 1.29 bits per heavy atom. The Kier molecular flexibility index (Phi) is 2.19. The molecule has 0 radical (unpaired) electrons. The number of rotatable bonds is 0. The molecule has 0 aliphatic carbocycles. The SMILES string of the molecule is C=[n+]1ccccc1=C1C=CC=CN1C. The molecule has 70 valence electrons. The average molecular weight is 185 g/mol. The van der Waals surface area contributed by atoms with Crippen molar-refractivity contribution in [2.24, 2.45) is 0 Å². The summed E-state index contributed by atoms with van der Waals surface area (Å²) >= 11 is 0. The van der Waals surface area contributed by atoms with Crippen LogP contribution in [0.25, 0.3) is 5.70 Å². The largest absolute Gasteiger partial charge is 0.346 e. The van der Waals surface area contributed by atoms with Crippen molar-refractivity contribution in [2.75, 3.05) is 7.05 Å². The number of hydrogen-bond donors (Lipinski definition) is 0. The van der Waals surface area contributed by atoms with Crippen LogP contribution in [0.3, 0.4) is 0 Å². The summed E-state index contributed by atoms with van der Waals surface area (Å²) in [6, 6.07) is 6.05. The molecule has 2 rings (SSSR count). The summed E-state index contributed by atoms with van der Waals surface area (Å²) in [6.45, 7) is 3.94. The zero-order chi connectivity index (χ0) is 9.97. The van der Waals surface area contributed by atoms with Gasteiger partial charge in [-0.05, 0) is 18.2 Å². The number of nitrogens with zero attached hydrogens (tertiary/aromatic N) is 2. The van der Waals surface area contributed by atoms with Gasteiger partial charge in [-0.1, -0.05) is 6.08 Å². The van der Waals surface area contributed by atoms with Crippen LogP contribution in [0.15, 0.2) is 48.8 Å². The van der Waals surface area contributed by atoms with Gasteiger partial charge in [0, 0.05) is 25.4 Å². The van der Waals surface area contributed by atoms with Crippen LogP contribution in [0.5, 0.6) is 0 Å². The van der Waals surface area contributed by atoms with Crippen LogP contribution < -0.4 is 9.59 Å². The van der Waals surface area contributed by atoms with E-state index in [0.29, 0.717) is 0 Å². The quantitative estimate of drug-likeness (QED) is 0.542. The van der Waals surface area contributed by atoms with Crippen molar-refractivity contribution < 1.29 is 4.24 Å². The van der Waals surface area contributed by atoms with Crippen LogP contribution >= 0.6 is 0 Å². The van der Waals surface area contributed by atoms with E-state index >= 15 is 0 Å². The van der Waals surface area contributed by atoms with Crippen molar-refractivity contribution >= 4 is 5.70 Å². The fourth-order valence-corrected chi connectivity index (χ4v) is 1.50. The number of allylic oxidation sites excluding steroid dienone is 2. The summed E-state index contributed by atoms with van der Waals surface area (Å²) in [6.07, 6.45) is 10.1. The van der Waals surface area contributed by atoms with Gasteiger partial charge in [0.1, 0.15) is 12.4 Å². The van der Waals surface area contributed by atoms with Gasteiger partial charge in [-0.15, -0.1) is 0 Å². The first kappa shape index (κ1) is 8.75. The lowest BCUT2D eigenvalue weighted by Crippen LogP contribution is -2.38. The standard InChI is InChI=1S/C12H13N2/c1-13-9-5-3-7-11(13)12-8-4-6-10-14(12)2/h3-10H,1H2,2H3/q+1. The summed E-state index contributed by atoms with van der Waals surface area (Å²) in [5, 5.41) is 1.11. The molecule has 2 heterocycles. The highest BCUT2D eigenvalue weighted by Gasteiger charge is 2.06. The topological polar surface area (TPSA) is 9.14 Å². The van der Waals surface area contributed by atoms with Crippen molar-refractivity contribution in [2.45, 2.75) is 0 Å². The van der Waals surface area contributed by atoms with Crippen LogP contribution in [0.1, 0.15) is 0 Å². The number of likely N-dealkylation sites (N-methyl/N-ethyl adjacent to an activating group) is 1. The first-order valence-electron chi connectivity index (χ1n) is 4.55. The second-order valence-electron chi connectivity index (χ2n) is 3.25. The molecule has 1 aliphatic heterocycles. The molecule has 2 heteroatoms. The third-order valence-electron chi connectivity index (χ3n) is 2.26. The summed E-state index contributed by atoms with van der Waals surface area (Å²) in [5.74, 6) is 0. The molecular formula is C12H13N2+. The number of aromatic nitrogens is 1. The Hall–Kier alpha value is -1.83. The van der Waals surface area contributed by atoms with Gasteiger partial charge in [-0.2, -0.15) is 4.24 Å². The highest BCUT2D eigenvalue weighted by Crippen LogP contribution is 2.07. The molecule has 0 fully saturated rings. The Labute approximate surface area is 83.4 Å².